The van der Waals surface area contributed by atoms with Crippen molar-refractivity contribution in [1.29, 1.82) is 0 Å². The molecule has 4 N–H and O–H groups in total. The molecule has 1 aliphatic heterocycles. The lowest BCUT2D eigenvalue weighted by atomic mass is 9.97. The second kappa shape index (κ2) is 4.73. The van der Waals surface area contributed by atoms with Crippen molar-refractivity contribution < 1.29 is 9.90 Å². The summed E-state index contributed by atoms with van der Waals surface area (Å²) in [4.78, 5) is 13.8. The predicted molar refractivity (Wildman–Crippen MR) is 66.7 cm³/mol. The van der Waals surface area contributed by atoms with Crippen molar-refractivity contribution in [3.8, 4) is 0 Å². The minimum Gasteiger partial charge on any atom is -0.399 e. The summed E-state index contributed by atoms with van der Waals surface area (Å²) in [7, 11) is 1.84. The smallest absolute Gasteiger partial charge is 0.242 e. The van der Waals surface area contributed by atoms with Gasteiger partial charge in [0.25, 0.3) is 0 Å². The van der Waals surface area contributed by atoms with Crippen LogP contribution in [0.5, 0.6) is 0 Å². The number of likely N-dealkylation sites (N-methyl/N-ethyl adjacent to an activating group) is 1. The molecule has 0 aromatic heterocycles. The minimum atomic E-state index is -0.224. The Labute approximate surface area is 100 Å². The van der Waals surface area contributed by atoms with E-state index in [9.17, 15) is 4.79 Å². The van der Waals surface area contributed by atoms with Gasteiger partial charge in [-0.25, -0.2) is 0 Å². The quantitative estimate of drug-likeness (QED) is 0.647. The molecule has 0 fully saturated rings. The maximum absolute atomic E-state index is 11.9. The van der Waals surface area contributed by atoms with Gasteiger partial charge in [0.2, 0.25) is 5.91 Å². The van der Waals surface area contributed by atoms with E-state index in [0.717, 1.165) is 11.3 Å². The van der Waals surface area contributed by atoms with Crippen LogP contribution in [-0.2, 0) is 11.2 Å². The second-order valence-corrected chi connectivity index (χ2v) is 4.33. The molecule has 1 heterocycles. The summed E-state index contributed by atoms with van der Waals surface area (Å²) in [6.07, 6.45) is 0.651. The lowest BCUT2D eigenvalue weighted by molar-refractivity contribution is -0.121. The van der Waals surface area contributed by atoms with Crippen LogP contribution in [0.2, 0.25) is 0 Å². The van der Waals surface area contributed by atoms with E-state index in [4.69, 9.17) is 10.8 Å². The lowest BCUT2D eigenvalue weighted by Gasteiger charge is -2.31. The third kappa shape index (κ3) is 2.40. The first-order valence-corrected chi connectivity index (χ1v) is 5.62. The van der Waals surface area contributed by atoms with Crippen LogP contribution in [0.4, 0.5) is 11.4 Å². The van der Waals surface area contributed by atoms with Crippen molar-refractivity contribution in [2.45, 2.75) is 12.5 Å². The number of carbonyl (C=O) groups excluding carboxylic acids is 1. The fraction of sp³-hybridized carbons (Fsp3) is 0.417. The number of nitrogens with zero attached hydrogens (tertiary/aromatic N) is 1. The zero-order chi connectivity index (χ0) is 12.4. The third-order valence-corrected chi connectivity index (χ3v) is 3.09. The van der Waals surface area contributed by atoms with Gasteiger partial charge in [0.15, 0.2) is 0 Å². The van der Waals surface area contributed by atoms with Gasteiger partial charge in [-0.3, -0.25) is 9.69 Å². The Morgan fingerprint density at radius 2 is 2.35 bits per heavy atom. The number of nitrogens with two attached hydrogens (primary N) is 1. The van der Waals surface area contributed by atoms with E-state index in [1.54, 1.807) is 6.07 Å². The van der Waals surface area contributed by atoms with Gasteiger partial charge in [-0.05, 0) is 31.2 Å². The van der Waals surface area contributed by atoms with E-state index in [1.165, 1.54) is 0 Å². The van der Waals surface area contributed by atoms with Gasteiger partial charge in [0.05, 0.1) is 12.6 Å². The van der Waals surface area contributed by atoms with Crippen LogP contribution in [0.3, 0.4) is 0 Å². The molecule has 0 saturated heterocycles. The van der Waals surface area contributed by atoms with Crippen LogP contribution in [0, 0.1) is 0 Å². The molecule has 5 heteroatoms. The fourth-order valence-electron chi connectivity index (χ4n) is 2.08. The highest BCUT2D eigenvalue weighted by Crippen LogP contribution is 2.26. The average Bonchev–Trinajstić information content (AvgIpc) is 2.28. The van der Waals surface area contributed by atoms with Crippen LogP contribution >= 0.6 is 0 Å². The van der Waals surface area contributed by atoms with Gasteiger partial charge in [-0.1, -0.05) is 6.07 Å². The van der Waals surface area contributed by atoms with Crippen molar-refractivity contribution in [3.63, 3.8) is 0 Å². The van der Waals surface area contributed by atoms with Gasteiger partial charge in [0, 0.05) is 17.9 Å². The molecule has 1 aliphatic rings. The Bertz CT molecular complexity index is 434. The Kier molecular flexibility index (Phi) is 3.31. The van der Waals surface area contributed by atoms with Crippen molar-refractivity contribution in [2.24, 2.45) is 0 Å². The maximum Gasteiger partial charge on any atom is 0.242 e. The summed E-state index contributed by atoms with van der Waals surface area (Å²) in [6.45, 7) is 0.539. The predicted octanol–water partition coefficient (Wildman–Crippen LogP) is 0.0561. The van der Waals surface area contributed by atoms with Crippen molar-refractivity contribution in [1.82, 2.24) is 4.90 Å². The molecule has 0 bridgehead atoms. The maximum atomic E-state index is 11.9. The SMILES string of the molecule is CN(CCO)C1Cc2ccc(N)cc2NC1=O. The van der Waals surface area contributed by atoms with Crippen LogP contribution < -0.4 is 11.1 Å². The topological polar surface area (TPSA) is 78.6 Å². The number of hydrogen-bond acceptors (Lipinski definition) is 4. The van der Waals surface area contributed by atoms with E-state index in [-0.39, 0.29) is 18.6 Å². The number of fused-ring (bicyclic) bond motifs is 1. The first-order valence-electron chi connectivity index (χ1n) is 5.62. The molecule has 0 saturated carbocycles. The lowest BCUT2D eigenvalue weighted by Crippen LogP contribution is -2.47. The van der Waals surface area contributed by atoms with Gasteiger partial charge in [-0.15, -0.1) is 0 Å². The van der Waals surface area contributed by atoms with Gasteiger partial charge in [0.1, 0.15) is 0 Å². The molecular formula is C12H17N3O2. The zero-order valence-corrected chi connectivity index (χ0v) is 9.81. The number of carbonyl (C=O) groups is 1. The first-order chi connectivity index (χ1) is 8.11. The summed E-state index contributed by atoms with van der Waals surface area (Å²) in [6, 6.07) is 5.32. The van der Waals surface area contributed by atoms with Crippen LogP contribution in [-0.4, -0.2) is 42.2 Å². The van der Waals surface area contributed by atoms with Crippen LogP contribution in [0.15, 0.2) is 18.2 Å². The summed E-state index contributed by atoms with van der Waals surface area (Å²) in [5, 5.41) is 11.7. The number of amides is 1. The van der Waals surface area contributed by atoms with Gasteiger partial charge >= 0.3 is 0 Å². The van der Waals surface area contributed by atoms with E-state index in [1.807, 2.05) is 24.1 Å². The van der Waals surface area contributed by atoms with Crippen molar-refractivity contribution in [3.05, 3.63) is 23.8 Å². The summed E-state index contributed by atoms with van der Waals surface area (Å²) >= 11 is 0. The van der Waals surface area contributed by atoms with Crippen LogP contribution in [0.25, 0.3) is 0 Å². The largest absolute Gasteiger partial charge is 0.399 e. The highest BCUT2D eigenvalue weighted by Gasteiger charge is 2.28. The van der Waals surface area contributed by atoms with Crippen molar-refractivity contribution >= 4 is 17.3 Å². The number of rotatable bonds is 3. The zero-order valence-electron chi connectivity index (χ0n) is 9.81. The molecule has 1 atom stereocenters. The molecule has 1 aromatic carbocycles. The van der Waals surface area contributed by atoms with Crippen molar-refractivity contribution in [2.75, 3.05) is 31.2 Å². The van der Waals surface area contributed by atoms with Gasteiger partial charge in [-0.2, -0.15) is 0 Å². The fourth-order valence-corrected chi connectivity index (χ4v) is 2.08. The normalized spacial score (nSPS) is 19.0. The number of benzene rings is 1. The molecule has 0 radical (unpaired) electrons. The number of anilines is 2. The molecule has 2 rings (SSSR count). The first kappa shape index (κ1) is 11.9. The molecule has 1 aromatic rings. The molecule has 1 unspecified atom stereocenters. The highest BCUT2D eigenvalue weighted by atomic mass is 16.3. The van der Waals surface area contributed by atoms with E-state index in [0.29, 0.717) is 18.7 Å². The molecule has 1 amide bonds. The summed E-state index contributed by atoms with van der Waals surface area (Å²) in [5.74, 6) is -0.0425. The van der Waals surface area contributed by atoms with E-state index < -0.39 is 0 Å². The Hall–Kier alpha value is -1.59. The second-order valence-electron chi connectivity index (χ2n) is 4.33. The Balaban J connectivity index is 2.21. The average molecular weight is 235 g/mol. The van der Waals surface area contributed by atoms with Crippen LogP contribution in [0.1, 0.15) is 5.56 Å². The van der Waals surface area contributed by atoms with Gasteiger partial charge < -0.3 is 16.2 Å². The molecule has 5 nitrogen and oxygen atoms in total. The van der Waals surface area contributed by atoms with E-state index in [2.05, 4.69) is 5.32 Å². The summed E-state index contributed by atoms with van der Waals surface area (Å²) in [5.41, 5.74) is 8.19. The minimum absolute atomic E-state index is 0.0425. The molecule has 0 spiro atoms. The molecule has 17 heavy (non-hydrogen) atoms. The number of aliphatic hydroxyl groups excluding tert-OH is 1. The monoisotopic (exact) mass is 235 g/mol. The standard InChI is InChI=1S/C12H17N3O2/c1-15(4-5-16)11-6-8-2-3-9(13)7-10(8)14-12(11)17/h2-3,7,11,16H,4-6,13H2,1H3,(H,14,17). The number of hydrogen-bond donors (Lipinski definition) is 3. The Morgan fingerprint density at radius 1 is 1.59 bits per heavy atom. The Morgan fingerprint density at radius 3 is 3.06 bits per heavy atom. The summed E-state index contributed by atoms with van der Waals surface area (Å²) < 4.78 is 0. The number of aliphatic hydroxyl groups is 1. The number of nitrogens with one attached hydrogen (secondary N) is 1. The number of nitrogen functional groups attached to an aromatic ring is 1. The molecule has 92 valence electrons. The third-order valence-electron chi connectivity index (χ3n) is 3.09. The molecular weight excluding hydrogens is 218 g/mol. The highest BCUT2D eigenvalue weighted by molar-refractivity contribution is 5.98. The van der Waals surface area contributed by atoms with E-state index >= 15 is 0 Å². The molecule has 0 aliphatic carbocycles.